The van der Waals surface area contributed by atoms with E-state index in [4.69, 9.17) is 19.7 Å². The molecule has 0 aliphatic carbocycles. The van der Waals surface area contributed by atoms with Gasteiger partial charge in [-0.2, -0.15) is 16.8 Å². The standard InChI is InChI=1S/C21H18N4O5S.C21H17N3O6S/c22-19(27)14-6-8-16-18(12-14)31(28,29)25-20(24-16)17(26)9-7-15(21-23-10-11-30-21)13-4-2-1-3-5-13;25-17(9-7-15(20-22-10-11-30-20)13-4-2-1-3-5-13)19-23-16-8-6-14(21(26)27)12-18(16)31(28,29)24-19/h1-6,8,10-12,15H,7,9H2,(H2,22,27)(H,24,25);1-6,8,10-12,15H,7,9H2,(H,23,24)(H,26,27). The first kappa shape index (κ1) is 42.5. The van der Waals surface area contributed by atoms with Crippen LogP contribution in [0, 0.1) is 0 Å². The number of oxazole rings is 2. The molecule has 0 saturated heterocycles. The number of nitrogens with one attached hydrogen (secondary N) is 2. The number of Topliss-reactive ketones (excluding diaryl/α,β-unsaturated/α-hetero) is 2. The molecule has 2 unspecified atom stereocenters. The third-order valence-electron chi connectivity index (χ3n) is 9.73. The predicted octanol–water partition coefficient (Wildman–Crippen LogP) is 5.53. The van der Waals surface area contributed by atoms with E-state index in [0.29, 0.717) is 24.6 Å². The van der Waals surface area contributed by atoms with Gasteiger partial charge >= 0.3 is 5.97 Å². The van der Waals surface area contributed by atoms with E-state index >= 15 is 0 Å². The van der Waals surface area contributed by atoms with Crippen LogP contribution in [-0.2, 0) is 29.6 Å². The molecule has 0 bridgehead atoms. The number of hydrogen-bond acceptors (Lipinski definition) is 14. The fraction of sp³-hybridized carbons (Fsp3) is 0.143. The van der Waals surface area contributed by atoms with Crippen LogP contribution in [0.4, 0.5) is 11.4 Å². The van der Waals surface area contributed by atoms with E-state index in [-0.39, 0.29) is 68.6 Å². The number of nitrogens with two attached hydrogens (primary N) is 1. The zero-order valence-corrected chi connectivity index (χ0v) is 33.9. The van der Waals surface area contributed by atoms with Crippen LogP contribution in [0.3, 0.4) is 0 Å². The number of hydrogen-bond donors (Lipinski definition) is 4. The molecule has 0 radical (unpaired) electrons. The topological polar surface area (TPSA) is 284 Å². The lowest BCUT2D eigenvalue weighted by molar-refractivity contribution is -0.113. The number of rotatable bonds is 14. The Morgan fingerprint density at radius 3 is 1.42 bits per heavy atom. The largest absolute Gasteiger partial charge is 0.478 e. The van der Waals surface area contributed by atoms with Crippen molar-refractivity contribution in [1.29, 1.82) is 0 Å². The third-order valence-corrected chi connectivity index (χ3v) is 12.4. The Morgan fingerprint density at radius 1 is 0.613 bits per heavy atom. The lowest BCUT2D eigenvalue weighted by Crippen LogP contribution is -2.29. The van der Waals surface area contributed by atoms with Gasteiger partial charge in [-0.15, -0.1) is 8.80 Å². The number of carboxylic acids is 1. The molecule has 20 heteroatoms. The molecular formula is C42H35N7O11S2. The number of fused-ring (bicyclic) bond motifs is 2. The first-order valence-electron chi connectivity index (χ1n) is 18.7. The molecule has 18 nitrogen and oxygen atoms in total. The van der Waals surface area contributed by atoms with Crippen molar-refractivity contribution in [1.82, 2.24) is 9.97 Å². The number of carbonyl (C=O) groups is 4. The second kappa shape index (κ2) is 18.0. The molecule has 62 heavy (non-hydrogen) atoms. The molecule has 6 aromatic rings. The molecule has 4 heterocycles. The number of anilines is 2. The zero-order chi connectivity index (χ0) is 44.0. The third kappa shape index (κ3) is 9.56. The lowest BCUT2D eigenvalue weighted by atomic mass is 9.93. The molecular weight excluding hydrogens is 843 g/mol. The fourth-order valence-corrected chi connectivity index (χ4v) is 9.00. The van der Waals surface area contributed by atoms with Gasteiger partial charge in [-0.1, -0.05) is 60.7 Å². The summed E-state index contributed by atoms with van der Waals surface area (Å²) in [6.45, 7) is 0. The predicted molar refractivity (Wildman–Crippen MR) is 223 cm³/mol. The quantitative estimate of drug-likeness (QED) is 0.105. The van der Waals surface area contributed by atoms with Crippen LogP contribution in [0.5, 0.6) is 0 Å². The zero-order valence-electron chi connectivity index (χ0n) is 32.2. The Kier molecular flexibility index (Phi) is 12.3. The number of sulfonamides is 2. The van der Waals surface area contributed by atoms with Gasteiger partial charge in [0.15, 0.2) is 23.2 Å². The van der Waals surface area contributed by atoms with Gasteiger partial charge in [0.2, 0.25) is 17.7 Å². The number of ketones is 2. The maximum absolute atomic E-state index is 12.8. The SMILES string of the molecule is NC(=O)c1ccc2c(c1)S(=O)(=O)N=C(C(=O)CCC(c1ccccc1)c1ncco1)N2.O=C(CCC(c1ccccc1)c1ncco1)C1=NS(=O)(=O)c2cc(C(=O)O)ccc2N1. The van der Waals surface area contributed by atoms with E-state index in [9.17, 15) is 36.0 Å². The van der Waals surface area contributed by atoms with Crippen molar-refractivity contribution in [3.05, 3.63) is 156 Å². The van der Waals surface area contributed by atoms with Crippen LogP contribution in [0.1, 0.15) is 81.1 Å². The molecule has 316 valence electrons. The number of carbonyl (C=O) groups excluding carboxylic acids is 3. The summed E-state index contributed by atoms with van der Waals surface area (Å²) in [7, 11) is -8.38. The van der Waals surface area contributed by atoms with Crippen molar-refractivity contribution in [2.24, 2.45) is 14.5 Å². The molecule has 1 amide bonds. The van der Waals surface area contributed by atoms with E-state index in [1.54, 1.807) is 0 Å². The van der Waals surface area contributed by atoms with Crippen molar-refractivity contribution >= 4 is 66.5 Å². The highest BCUT2D eigenvalue weighted by Crippen LogP contribution is 2.33. The molecule has 2 aliphatic heterocycles. The summed E-state index contributed by atoms with van der Waals surface area (Å²) in [6.07, 6.45) is 6.65. The van der Waals surface area contributed by atoms with Crippen molar-refractivity contribution < 1.29 is 50.0 Å². The molecule has 2 atom stereocenters. The number of amides is 1. The number of amidine groups is 2. The lowest BCUT2D eigenvalue weighted by Gasteiger charge is -2.19. The molecule has 2 aliphatic rings. The van der Waals surface area contributed by atoms with Crippen LogP contribution in [0.25, 0.3) is 0 Å². The van der Waals surface area contributed by atoms with Gasteiger partial charge in [0.25, 0.3) is 20.0 Å². The van der Waals surface area contributed by atoms with Gasteiger partial charge in [0.1, 0.15) is 22.3 Å². The van der Waals surface area contributed by atoms with E-state index in [0.717, 1.165) is 23.3 Å². The van der Waals surface area contributed by atoms with Crippen LogP contribution in [0.2, 0.25) is 0 Å². The summed E-state index contributed by atoms with van der Waals surface area (Å²) in [5.41, 5.74) is 7.16. The highest BCUT2D eigenvalue weighted by atomic mass is 32.2. The molecule has 0 spiro atoms. The van der Waals surface area contributed by atoms with E-state index in [2.05, 4.69) is 29.4 Å². The Labute approximate surface area is 353 Å². The highest BCUT2D eigenvalue weighted by Gasteiger charge is 2.32. The van der Waals surface area contributed by atoms with E-state index in [1.165, 1.54) is 49.2 Å². The normalized spacial score (nSPS) is 15.3. The minimum Gasteiger partial charge on any atom is -0.478 e. The smallest absolute Gasteiger partial charge is 0.335 e. The minimum absolute atomic E-state index is 0.00810. The van der Waals surface area contributed by atoms with Gasteiger partial charge in [-0.05, 0) is 60.4 Å². The minimum atomic E-state index is -4.22. The average molecular weight is 878 g/mol. The molecule has 2 aromatic heterocycles. The Bertz CT molecular complexity index is 2740. The van der Waals surface area contributed by atoms with Gasteiger partial charge in [-0.3, -0.25) is 14.4 Å². The first-order valence-corrected chi connectivity index (χ1v) is 21.6. The molecule has 4 aromatic carbocycles. The molecule has 5 N–H and O–H groups in total. The number of carboxylic acid groups (broad SMARTS) is 1. The van der Waals surface area contributed by atoms with Gasteiger partial charge < -0.3 is 30.3 Å². The van der Waals surface area contributed by atoms with E-state index < -0.39 is 43.5 Å². The maximum Gasteiger partial charge on any atom is 0.335 e. The van der Waals surface area contributed by atoms with Crippen molar-refractivity contribution in [2.75, 3.05) is 10.6 Å². The van der Waals surface area contributed by atoms with Crippen LogP contribution in [0.15, 0.2) is 149 Å². The van der Waals surface area contributed by atoms with Crippen LogP contribution >= 0.6 is 0 Å². The van der Waals surface area contributed by atoms with Crippen molar-refractivity contribution in [2.45, 2.75) is 47.3 Å². The van der Waals surface area contributed by atoms with Crippen molar-refractivity contribution in [3.8, 4) is 0 Å². The fourth-order valence-electron chi connectivity index (χ4n) is 6.68. The monoisotopic (exact) mass is 877 g/mol. The summed E-state index contributed by atoms with van der Waals surface area (Å²) in [4.78, 5) is 55.9. The number of aromatic carboxylic acids is 1. The summed E-state index contributed by atoms with van der Waals surface area (Å²) in [5, 5.41) is 14.5. The second-order valence-electron chi connectivity index (χ2n) is 13.8. The number of nitrogens with zero attached hydrogens (tertiary/aromatic N) is 4. The summed E-state index contributed by atoms with van der Waals surface area (Å²) >= 11 is 0. The Hall–Kier alpha value is -7.58. The Balaban J connectivity index is 0.000000186. The van der Waals surface area contributed by atoms with Gasteiger partial charge in [-0.25, -0.2) is 14.8 Å². The number of benzene rings is 4. The summed E-state index contributed by atoms with van der Waals surface area (Å²) < 4.78 is 68.2. The molecule has 0 saturated carbocycles. The summed E-state index contributed by atoms with van der Waals surface area (Å²) in [6, 6.07) is 26.3. The van der Waals surface area contributed by atoms with Gasteiger partial charge in [0, 0.05) is 18.4 Å². The van der Waals surface area contributed by atoms with Crippen LogP contribution < -0.4 is 16.4 Å². The molecule has 0 fully saturated rings. The van der Waals surface area contributed by atoms with Crippen molar-refractivity contribution in [3.63, 3.8) is 0 Å². The van der Waals surface area contributed by atoms with Gasteiger partial charge in [0.05, 0.1) is 41.2 Å². The number of aromatic nitrogens is 2. The second-order valence-corrected chi connectivity index (χ2v) is 16.9. The van der Waals surface area contributed by atoms with E-state index in [1.807, 2.05) is 60.7 Å². The van der Waals surface area contributed by atoms with Crippen LogP contribution in [-0.4, -0.2) is 67.0 Å². The Morgan fingerprint density at radius 2 is 1.03 bits per heavy atom. The average Bonchev–Trinajstić information content (AvgIpc) is 4.00. The highest BCUT2D eigenvalue weighted by molar-refractivity contribution is 7.91. The number of primary amides is 1. The summed E-state index contributed by atoms with van der Waals surface area (Å²) in [5.74, 6) is -3.22. The molecule has 8 rings (SSSR count). The maximum atomic E-state index is 12.8. The first-order chi connectivity index (χ1) is 29.7.